The Morgan fingerprint density at radius 1 is 1.04 bits per heavy atom. The Morgan fingerprint density at radius 3 is 2.58 bits per heavy atom. The van der Waals surface area contributed by atoms with Gasteiger partial charge in [-0.2, -0.15) is 5.10 Å². The first-order valence-corrected chi connectivity index (χ1v) is 8.32. The molecule has 6 heteroatoms. The van der Waals surface area contributed by atoms with Crippen LogP contribution in [0.5, 0.6) is 17.2 Å². The predicted octanol–water partition coefficient (Wildman–Crippen LogP) is 3.43. The number of ether oxygens (including phenoxy) is 2. The number of benzene rings is 2. The molecule has 136 valence electrons. The molecule has 1 aromatic heterocycles. The molecule has 0 amide bonds. The van der Waals surface area contributed by atoms with Crippen molar-refractivity contribution in [2.24, 2.45) is 0 Å². The Labute approximate surface area is 153 Å². The molecule has 3 rings (SSSR count). The molecule has 0 aliphatic heterocycles. The van der Waals surface area contributed by atoms with E-state index >= 15 is 0 Å². The van der Waals surface area contributed by atoms with E-state index in [0.717, 1.165) is 33.9 Å². The smallest absolute Gasteiger partial charge is 0.126 e. The van der Waals surface area contributed by atoms with Crippen LogP contribution in [0.2, 0.25) is 0 Å². The van der Waals surface area contributed by atoms with Crippen LogP contribution < -0.4 is 9.47 Å². The third-order valence-electron chi connectivity index (χ3n) is 4.24. The maximum Gasteiger partial charge on any atom is 0.126 e. The molecular formula is C20H23N3O3. The second kappa shape index (κ2) is 7.93. The summed E-state index contributed by atoms with van der Waals surface area (Å²) < 4.78 is 10.8. The summed E-state index contributed by atoms with van der Waals surface area (Å²) in [6.07, 6.45) is 1.73. The van der Waals surface area contributed by atoms with Gasteiger partial charge in [-0.15, -0.1) is 0 Å². The van der Waals surface area contributed by atoms with Crippen LogP contribution in [0.4, 0.5) is 0 Å². The van der Waals surface area contributed by atoms with Crippen molar-refractivity contribution in [1.29, 1.82) is 0 Å². The minimum absolute atomic E-state index is 0.270. The van der Waals surface area contributed by atoms with Gasteiger partial charge >= 0.3 is 0 Å². The van der Waals surface area contributed by atoms with Crippen molar-refractivity contribution in [2.45, 2.75) is 13.1 Å². The van der Waals surface area contributed by atoms with Crippen LogP contribution in [0.25, 0.3) is 11.1 Å². The van der Waals surface area contributed by atoms with Crippen molar-refractivity contribution in [3.05, 3.63) is 59.9 Å². The summed E-state index contributed by atoms with van der Waals surface area (Å²) in [4.78, 5) is 2.11. The van der Waals surface area contributed by atoms with Crippen LogP contribution in [0, 0.1) is 0 Å². The van der Waals surface area contributed by atoms with E-state index in [1.807, 2.05) is 43.4 Å². The van der Waals surface area contributed by atoms with Crippen molar-refractivity contribution < 1.29 is 14.6 Å². The van der Waals surface area contributed by atoms with Gasteiger partial charge in [-0.1, -0.05) is 6.07 Å². The molecule has 3 aromatic rings. The van der Waals surface area contributed by atoms with Crippen molar-refractivity contribution in [3.8, 4) is 28.4 Å². The molecule has 2 N–H and O–H groups in total. The van der Waals surface area contributed by atoms with Gasteiger partial charge in [0.05, 0.1) is 14.2 Å². The zero-order chi connectivity index (χ0) is 18.5. The maximum atomic E-state index is 10.3. The fourth-order valence-electron chi connectivity index (χ4n) is 2.93. The average Bonchev–Trinajstić information content (AvgIpc) is 3.15. The predicted molar refractivity (Wildman–Crippen MR) is 100 cm³/mol. The highest BCUT2D eigenvalue weighted by molar-refractivity contribution is 5.73. The van der Waals surface area contributed by atoms with Crippen LogP contribution in [-0.4, -0.2) is 41.5 Å². The number of methoxy groups -OCH3 is 2. The fourth-order valence-corrected chi connectivity index (χ4v) is 2.93. The number of aromatic amines is 1. The lowest BCUT2D eigenvalue weighted by molar-refractivity contribution is 0.309. The normalized spacial score (nSPS) is 10.9. The molecule has 0 bridgehead atoms. The molecule has 0 saturated heterocycles. The number of hydrogen-bond acceptors (Lipinski definition) is 5. The summed E-state index contributed by atoms with van der Waals surface area (Å²) in [7, 11) is 5.28. The zero-order valence-electron chi connectivity index (χ0n) is 15.2. The Bertz CT molecular complexity index is 863. The minimum Gasteiger partial charge on any atom is -0.508 e. The molecule has 0 fully saturated rings. The molecule has 0 spiro atoms. The molecule has 0 radical (unpaired) electrons. The summed E-state index contributed by atoms with van der Waals surface area (Å²) in [6.45, 7) is 1.32. The van der Waals surface area contributed by atoms with E-state index < -0.39 is 0 Å². The summed E-state index contributed by atoms with van der Waals surface area (Å²) in [5.41, 5.74) is 3.75. The van der Waals surface area contributed by atoms with Gasteiger partial charge in [0.25, 0.3) is 0 Å². The second-order valence-electron chi connectivity index (χ2n) is 6.16. The molecule has 0 saturated carbocycles. The number of nitrogens with one attached hydrogen (secondary N) is 1. The second-order valence-corrected chi connectivity index (χ2v) is 6.16. The molecule has 0 aliphatic carbocycles. The number of rotatable bonds is 7. The summed E-state index contributed by atoms with van der Waals surface area (Å²) in [5, 5.41) is 17.2. The fraction of sp³-hybridized carbons (Fsp3) is 0.250. The SMILES string of the molecule is COc1ccc(OC)c(-c2ccc(O)c(CN(C)Cc3ccn[nH]3)c2)c1. The molecular weight excluding hydrogens is 330 g/mol. The summed E-state index contributed by atoms with van der Waals surface area (Å²) >= 11 is 0. The van der Waals surface area contributed by atoms with E-state index in [9.17, 15) is 5.11 Å². The standard InChI is InChI=1S/C20H23N3O3/c1-23(13-16-8-9-21-22-16)12-15-10-14(4-6-19(15)24)18-11-17(25-2)5-7-20(18)26-3/h4-11,24H,12-13H2,1-3H3,(H,21,22). The summed E-state index contributed by atoms with van der Waals surface area (Å²) in [6, 6.07) is 13.2. The highest BCUT2D eigenvalue weighted by Gasteiger charge is 2.12. The average molecular weight is 353 g/mol. The van der Waals surface area contributed by atoms with Crippen LogP contribution in [0.1, 0.15) is 11.3 Å². The zero-order valence-corrected chi connectivity index (χ0v) is 15.2. The third kappa shape index (κ3) is 3.97. The molecule has 6 nitrogen and oxygen atoms in total. The first-order chi connectivity index (χ1) is 12.6. The van der Waals surface area contributed by atoms with Crippen LogP contribution >= 0.6 is 0 Å². The van der Waals surface area contributed by atoms with Crippen LogP contribution in [0.3, 0.4) is 0 Å². The lowest BCUT2D eigenvalue weighted by Gasteiger charge is -2.18. The first kappa shape index (κ1) is 17.8. The molecule has 1 heterocycles. The van der Waals surface area contributed by atoms with Crippen molar-refractivity contribution >= 4 is 0 Å². The first-order valence-electron chi connectivity index (χ1n) is 8.32. The van der Waals surface area contributed by atoms with Gasteiger partial charge < -0.3 is 14.6 Å². The van der Waals surface area contributed by atoms with Gasteiger partial charge in [0, 0.05) is 36.1 Å². The van der Waals surface area contributed by atoms with Gasteiger partial charge in [-0.05, 0) is 49.0 Å². The van der Waals surface area contributed by atoms with Crippen molar-refractivity contribution in [1.82, 2.24) is 15.1 Å². The van der Waals surface area contributed by atoms with E-state index in [1.54, 1.807) is 26.5 Å². The number of nitrogens with zero attached hydrogens (tertiary/aromatic N) is 2. The number of aromatic hydroxyl groups is 1. The highest BCUT2D eigenvalue weighted by Crippen LogP contribution is 2.35. The van der Waals surface area contributed by atoms with E-state index in [4.69, 9.17) is 9.47 Å². The van der Waals surface area contributed by atoms with Crippen molar-refractivity contribution in [3.63, 3.8) is 0 Å². The Kier molecular flexibility index (Phi) is 5.43. The van der Waals surface area contributed by atoms with E-state index in [1.165, 1.54) is 0 Å². The van der Waals surface area contributed by atoms with Crippen LogP contribution in [0.15, 0.2) is 48.7 Å². The minimum atomic E-state index is 0.270. The monoisotopic (exact) mass is 353 g/mol. The Balaban J connectivity index is 1.88. The molecule has 0 atom stereocenters. The van der Waals surface area contributed by atoms with Gasteiger partial charge in [0.1, 0.15) is 17.2 Å². The number of H-pyrrole nitrogens is 1. The number of phenols is 1. The highest BCUT2D eigenvalue weighted by atomic mass is 16.5. The lowest BCUT2D eigenvalue weighted by atomic mass is 10.0. The van der Waals surface area contributed by atoms with Crippen LogP contribution in [-0.2, 0) is 13.1 Å². The molecule has 2 aromatic carbocycles. The van der Waals surface area contributed by atoms with Gasteiger partial charge in [-0.3, -0.25) is 10.00 Å². The lowest BCUT2D eigenvalue weighted by Crippen LogP contribution is -2.17. The van der Waals surface area contributed by atoms with E-state index in [-0.39, 0.29) is 5.75 Å². The van der Waals surface area contributed by atoms with Gasteiger partial charge in [-0.25, -0.2) is 0 Å². The number of aromatic nitrogens is 2. The molecule has 0 unspecified atom stereocenters. The number of phenolic OH excluding ortho intramolecular Hbond substituents is 1. The Morgan fingerprint density at radius 2 is 1.88 bits per heavy atom. The topological polar surface area (TPSA) is 70.6 Å². The number of hydrogen-bond donors (Lipinski definition) is 2. The van der Waals surface area contributed by atoms with E-state index in [0.29, 0.717) is 13.1 Å². The quantitative estimate of drug-likeness (QED) is 0.681. The molecule has 0 aliphatic rings. The van der Waals surface area contributed by atoms with Crippen molar-refractivity contribution in [2.75, 3.05) is 21.3 Å². The van der Waals surface area contributed by atoms with E-state index in [2.05, 4.69) is 15.1 Å². The third-order valence-corrected chi connectivity index (χ3v) is 4.24. The maximum absolute atomic E-state index is 10.3. The Hall–Kier alpha value is -2.99. The van der Waals surface area contributed by atoms with Gasteiger partial charge in [0.2, 0.25) is 0 Å². The largest absolute Gasteiger partial charge is 0.508 e. The molecule has 26 heavy (non-hydrogen) atoms. The summed E-state index contributed by atoms with van der Waals surface area (Å²) in [5.74, 6) is 1.78. The van der Waals surface area contributed by atoms with Gasteiger partial charge in [0.15, 0.2) is 0 Å².